The molecule has 0 aromatic carbocycles. The summed E-state index contributed by atoms with van der Waals surface area (Å²) in [6.45, 7) is 2.31. The fraction of sp³-hybridized carbons (Fsp3) is 0.333. The van der Waals surface area contributed by atoms with Crippen LogP contribution in [0.1, 0.15) is 11.8 Å². The van der Waals surface area contributed by atoms with E-state index < -0.39 is 0 Å². The Balaban J connectivity index is 2.12. The van der Waals surface area contributed by atoms with Crippen LogP contribution in [-0.4, -0.2) is 22.0 Å². The van der Waals surface area contributed by atoms with Crippen molar-refractivity contribution in [2.24, 2.45) is 0 Å². The van der Waals surface area contributed by atoms with Crippen molar-refractivity contribution in [3.8, 4) is 0 Å². The number of hydrogen-bond acceptors (Lipinski definition) is 3. The molecule has 1 aliphatic heterocycles. The van der Waals surface area contributed by atoms with Gasteiger partial charge in [0.2, 0.25) is 0 Å². The summed E-state index contributed by atoms with van der Waals surface area (Å²) in [5, 5.41) is 3.42. The third kappa shape index (κ3) is 2.14. The van der Waals surface area contributed by atoms with Crippen molar-refractivity contribution in [2.75, 3.05) is 0 Å². The van der Waals surface area contributed by atoms with E-state index in [0.29, 0.717) is 11.7 Å². The fourth-order valence-corrected chi connectivity index (χ4v) is 2.81. The van der Waals surface area contributed by atoms with Crippen LogP contribution in [0.15, 0.2) is 12.1 Å². The fourth-order valence-electron chi connectivity index (χ4n) is 1.40. The molecule has 0 spiro atoms. The Bertz CT molecular complexity index is 418. The molecule has 1 fully saturated rings. The van der Waals surface area contributed by atoms with Crippen LogP contribution in [0, 0.1) is 0 Å². The number of rotatable bonds is 2. The zero-order valence-corrected chi connectivity index (χ0v) is 10.4. The molecule has 1 saturated heterocycles. The summed E-state index contributed by atoms with van der Waals surface area (Å²) in [7, 11) is 0. The second-order valence-electron chi connectivity index (χ2n) is 3.30. The standard InChI is InChI=1S/C9H9ClN2OS2/c1-5-8(13)12(9(14)11-5)4-6-2-3-7(10)15-6/h2-3,5H,4H2,1H3,(H,11,14)/t5-/m1/s1. The second kappa shape index (κ2) is 4.08. The smallest absolute Gasteiger partial charge is 0.251 e. The molecule has 80 valence electrons. The van der Waals surface area contributed by atoms with E-state index in [0.717, 1.165) is 9.21 Å². The summed E-state index contributed by atoms with van der Waals surface area (Å²) in [5.41, 5.74) is 0. The molecule has 2 heterocycles. The average Bonchev–Trinajstić information content (AvgIpc) is 2.67. The topological polar surface area (TPSA) is 32.3 Å². The molecule has 0 aliphatic carbocycles. The lowest BCUT2D eigenvalue weighted by molar-refractivity contribution is -0.127. The zero-order chi connectivity index (χ0) is 11.0. The average molecular weight is 261 g/mol. The molecule has 1 amide bonds. The van der Waals surface area contributed by atoms with Gasteiger partial charge in [0.15, 0.2) is 5.11 Å². The minimum atomic E-state index is -0.215. The number of nitrogens with zero attached hydrogens (tertiary/aromatic N) is 1. The Hall–Kier alpha value is -0.650. The van der Waals surface area contributed by atoms with Gasteiger partial charge in [-0.15, -0.1) is 11.3 Å². The van der Waals surface area contributed by atoms with E-state index in [-0.39, 0.29) is 11.9 Å². The van der Waals surface area contributed by atoms with E-state index in [1.165, 1.54) is 11.3 Å². The Kier molecular flexibility index (Phi) is 2.95. The number of amides is 1. The highest BCUT2D eigenvalue weighted by atomic mass is 35.5. The van der Waals surface area contributed by atoms with Crippen molar-refractivity contribution in [1.29, 1.82) is 0 Å². The van der Waals surface area contributed by atoms with E-state index in [1.54, 1.807) is 11.8 Å². The first-order valence-corrected chi connectivity index (χ1v) is 6.04. The maximum Gasteiger partial charge on any atom is 0.251 e. The van der Waals surface area contributed by atoms with Crippen molar-refractivity contribution in [3.05, 3.63) is 21.3 Å². The van der Waals surface area contributed by atoms with Gasteiger partial charge in [-0.05, 0) is 31.3 Å². The van der Waals surface area contributed by atoms with Gasteiger partial charge in [-0.1, -0.05) is 11.6 Å². The highest BCUT2D eigenvalue weighted by molar-refractivity contribution is 7.80. The number of nitrogens with one attached hydrogen (secondary N) is 1. The van der Waals surface area contributed by atoms with Crippen LogP contribution < -0.4 is 5.32 Å². The molecule has 0 unspecified atom stereocenters. The molecule has 0 radical (unpaired) electrons. The molecular weight excluding hydrogens is 252 g/mol. The summed E-state index contributed by atoms with van der Waals surface area (Å²) in [6.07, 6.45) is 0. The highest BCUT2D eigenvalue weighted by Crippen LogP contribution is 2.23. The number of hydrogen-bond donors (Lipinski definition) is 1. The van der Waals surface area contributed by atoms with Gasteiger partial charge in [0, 0.05) is 4.88 Å². The lowest BCUT2D eigenvalue weighted by atomic mass is 10.3. The minimum absolute atomic E-state index is 0.0181. The summed E-state index contributed by atoms with van der Waals surface area (Å²) < 4.78 is 0.726. The molecular formula is C9H9ClN2OS2. The van der Waals surface area contributed by atoms with Gasteiger partial charge < -0.3 is 5.32 Å². The first kappa shape index (κ1) is 10.9. The molecule has 0 bridgehead atoms. The minimum Gasteiger partial charge on any atom is -0.351 e. The lowest BCUT2D eigenvalue weighted by Gasteiger charge is -2.12. The van der Waals surface area contributed by atoms with Crippen LogP contribution in [-0.2, 0) is 11.3 Å². The van der Waals surface area contributed by atoms with E-state index in [1.807, 2.05) is 12.1 Å². The third-order valence-electron chi connectivity index (χ3n) is 2.16. The largest absolute Gasteiger partial charge is 0.351 e. The summed E-state index contributed by atoms with van der Waals surface area (Å²) in [6, 6.07) is 3.52. The summed E-state index contributed by atoms with van der Waals surface area (Å²) in [4.78, 5) is 14.3. The van der Waals surface area contributed by atoms with Gasteiger partial charge in [-0.25, -0.2) is 0 Å². The van der Waals surface area contributed by atoms with Gasteiger partial charge in [-0.3, -0.25) is 9.69 Å². The van der Waals surface area contributed by atoms with Crippen molar-refractivity contribution < 1.29 is 4.79 Å². The lowest BCUT2D eigenvalue weighted by Crippen LogP contribution is -2.29. The molecule has 3 nitrogen and oxygen atoms in total. The molecule has 2 rings (SSSR count). The van der Waals surface area contributed by atoms with Crippen LogP contribution in [0.2, 0.25) is 4.34 Å². The Morgan fingerprint density at radius 3 is 2.87 bits per heavy atom. The van der Waals surface area contributed by atoms with Crippen LogP contribution >= 0.6 is 35.2 Å². The van der Waals surface area contributed by atoms with Crippen molar-refractivity contribution in [3.63, 3.8) is 0 Å². The van der Waals surface area contributed by atoms with Gasteiger partial charge >= 0.3 is 0 Å². The molecule has 1 atom stereocenters. The van der Waals surface area contributed by atoms with E-state index in [9.17, 15) is 4.79 Å². The SMILES string of the molecule is C[C@H]1NC(=S)N(Cc2ccc(Cl)s2)C1=O. The molecule has 1 N–H and O–H groups in total. The molecule has 0 saturated carbocycles. The van der Waals surface area contributed by atoms with Gasteiger partial charge in [0.25, 0.3) is 5.91 Å². The summed E-state index contributed by atoms with van der Waals surface area (Å²) in [5.74, 6) is 0.0181. The predicted octanol–water partition coefficient (Wildman–Crippen LogP) is 2.01. The van der Waals surface area contributed by atoms with E-state index >= 15 is 0 Å². The number of thiocarbonyl (C=S) groups is 1. The second-order valence-corrected chi connectivity index (χ2v) is 5.49. The summed E-state index contributed by atoms with van der Waals surface area (Å²) >= 11 is 12.3. The molecule has 6 heteroatoms. The van der Waals surface area contributed by atoms with E-state index in [2.05, 4.69) is 5.32 Å². The van der Waals surface area contributed by atoms with Crippen molar-refractivity contribution >= 4 is 46.2 Å². The first-order valence-electron chi connectivity index (χ1n) is 4.44. The molecule has 1 aliphatic rings. The van der Waals surface area contributed by atoms with Crippen LogP contribution in [0.4, 0.5) is 0 Å². The van der Waals surface area contributed by atoms with Crippen molar-refractivity contribution in [2.45, 2.75) is 19.5 Å². The Morgan fingerprint density at radius 1 is 1.67 bits per heavy atom. The Morgan fingerprint density at radius 2 is 2.40 bits per heavy atom. The molecule has 1 aromatic rings. The normalized spacial score (nSPS) is 20.9. The maximum atomic E-state index is 11.7. The quantitative estimate of drug-likeness (QED) is 0.826. The van der Waals surface area contributed by atoms with Crippen molar-refractivity contribution in [1.82, 2.24) is 10.2 Å². The number of carbonyl (C=O) groups is 1. The van der Waals surface area contributed by atoms with E-state index in [4.69, 9.17) is 23.8 Å². The molecule has 1 aromatic heterocycles. The van der Waals surface area contributed by atoms with Gasteiger partial charge in [0.1, 0.15) is 6.04 Å². The van der Waals surface area contributed by atoms with Crippen LogP contribution in [0.25, 0.3) is 0 Å². The Labute approximate surface area is 102 Å². The highest BCUT2D eigenvalue weighted by Gasteiger charge is 2.32. The number of carbonyl (C=O) groups excluding carboxylic acids is 1. The maximum absolute atomic E-state index is 11.7. The van der Waals surface area contributed by atoms with Crippen LogP contribution in [0.3, 0.4) is 0 Å². The van der Waals surface area contributed by atoms with Crippen LogP contribution in [0.5, 0.6) is 0 Å². The monoisotopic (exact) mass is 260 g/mol. The molecule has 15 heavy (non-hydrogen) atoms. The zero-order valence-electron chi connectivity index (χ0n) is 7.99. The number of halogens is 1. The van der Waals surface area contributed by atoms with Gasteiger partial charge in [0.05, 0.1) is 10.9 Å². The predicted molar refractivity (Wildman–Crippen MR) is 65.1 cm³/mol. The first-order chi connectivity index (χ1) is 7.08. The third-order valence-corrected chi connectivity index (χ3v) is 3.72. The van der Waals surface area contributed by atoms with Gasteiger partial charge in [-0.2, -0.15) is 0 Å². The number of thiophene rings is 1.